The first-order valence-electron chi connectivity index (χ1n) is 7.45. The van der Waals surface area contributed by atoms with Crippen LogP contribution in [0.25, 0.3) is 10.9 Å². The Balaban J connectivity index is 1.95. The summed E-state index contributed by atoms with van der Waals surface area (Å²) in [4.78, 5) is 26.4. The number of Topliss-reactive ketones (excluding diaryl/α,β-unsaturated/α-hetero) is 1. The second-order valence-electron chi connectivity index (χ2n) is 5.97. The first-order valence-corrected chi connectivity index (χ1v) is 7.99. The average Bonchev–Trinajstić information content (AvgIpc) is 2.48. The summed E-state index contributed by atoms with van der Waals surface area (Å²) in [5.74, 6) is 0.0660. The lowest BCUT2D eigenvalue weighted by molar-refractivity contribution is -0.122. The molecule has 3 rings (SSSR count). The van der Waals surface area contributed by atoms with Crippen LogP contribution < -0.4 is 10.9 Å². The molecule has 2 N–H and O–H groups in total. The van der Waals surface area contributed by atoms with Crippen LogP contribution in [0, 0.1) is 24.2 Å². The Hall–Kier alpha value is -2.32. The van der Waals surface area contributed by atoms with E-state index >= 15 is 0 Å². The van der Waals surface area contributed by atoms with Crippen LogP contribution in [0.2, 0.25) is 0 Å². The molecule has 1 saturated carbocycles. The van der Waals surface area contributed by atoms with E-state index in [-0.39, 0.29) is 29.2 Å². The molecular weight excluding hydrogens is 314 g/mol. The van der Waals surface area contributed by atoms with Gasteiger partial charge in [0.15, 0.2) is 5.78 Å². The SMILES string of the molecule is Cc1ccc2c(NC3CC(C(=O)CCl)C3)c(C#N)c(=O)[nH]c2c1. The number of rotatable bonds is 4. The predicted octanol–water partition coefficient (Wildman–Crippen LogP) is 2.71. The van der Waals surface area contributed by atoms with Gasteiger partial charge in [0.2, 0.25) is 0 Å². The predicted molar refractivity (Wildman–Crippen MR) is 89.9 cm³/mol. The first kappa shape index (κ1) is 15.6. The van der Waals surface area contributed by atoms with E-state index in [2.05, 4.69) is 10.3 Å². The summed E-state index contributed by atoms with van der Waals surface area (Å²) in [7, 11) is 0. The van der Waals surface area contributed by atoms with E-state index in [1.807, 2.05) is 31.2 Å². The molecule has 1 aliphatic carbocycles. The number of hydrogen-bond acceptors (Lipinski definition) is 4. The van der Waals surface area contributed by atoms with Gasteiger partial charge in [-0.2, -0.15) is 5.26 Å². The van der Waals surface area contributed by atoms with E-state index in [0.717, 1.165) is 10.9 Å². The zero-order valence-corrected chi connectivity index (χ0v) is 13.4. The monoisotopic (exact) mass is 329 g/mol. The fraction of sp³-hybridized carbons (Fsp3) is 0.353. The van der Waals surface area contributed by atoms with Crippen molar-refractivity contribution in [2.75, 3.05) is 11.2 Å². The van der Waals surface area contributed by atoms with E-state index in [0.29, 0.717) is 24.0 Å². The largest absolute Gasteiger partial charge is 0.380 e. The van der Waals surface area contributed by atoms with E-state index in [1.54, 1.807) is 0 Å². The maximum Gasteiger partial charge on any atom is 0.268 e. The van der Waals surface area contributed by atoms with Gasteiger partial charge in [0.05, 0.1) is 17.1 Å². The molecule has 1 aliphatic rings. The molecule has 1 aromatic carbocycles. The van der Waals surface area contributed by atoms with Crippen molar-refractivity contribution in [1.29, 1.82) is 5.26 Å². The number of aromatic amines is 1. The summed E-state index contributed by atoms with van der Waals surface area (Å²) < 4.78 is 0. The number of carbonyl (C=O) groups excluding carboxylic acids is 1. The molecule has 5 nitrogen and oxygen atoms in total. The molecule has 0 saturated heterocycles. The number of benzene rings is 1. The summed E-state index contributed by atoms with van der Waals surface area (Å²) >= 11 is 5.57. The van der Waals surface area contributed by atoms with E-state index in [9.17, 15) is 14.9 Å². The number of aryl methyl sites for hydroxylation is 1. The Kier molecular flexibility index (Phi) is 4.10. The maximum absolute atomic E-state index is 12.1. The lowest BCUT2D eigenvalue weighted by atomic mass is 9.77. The molecule has 23 heavy (non-hydrogen) atoms. The molecule has 6 heteroatoms. The average molecular weight is 330 g/mol. The smallest absolute Gasteiger partial charge is 0.268 e. The van der Waals surface area contributed by atoms with Crippen LogP contribution in [-0.4, -0.2) is 22.7 Å². The van der Waals surface area contributed by atoms with Crippen LogP contribution in [0.15, 0.2) is 23.0 Å². The number of aromatic nitrogens is 1. The molecule has 1 heterocycles. The van der Waals surface area contributed by atoms with Crippen molar-refractivity contribution in [3.05, 3.63) is 39.7 Å². The Morgan fingerprint density at radius 1 is 1.48 bits per heavy atom. The number of ketones is 1. The van der Waals surface area contributed by atoms with Crippen LogP contribution in [0.4, 0.5) is 5.69 Å². The van der Waals surface area contributed by atoms with Crippen molar-refractivity contribution in [2.24, 2.45) is 5.92 Å². The zero-order valence-electron chi connectivity index (χ0n) is 12.6. The molecule has 118 valence electrons. The summed E-state index contributed by atoms with van der Waals surface area (Å²) in [6.07, 6.45) is 1.35. The summed E-state index contributed by atoms with van der Waals surface area (Å²) in [6, 6.07) is 7.76. The highest BCUT2D eigenvalue weighted by Crippen LogP contribution is 2.34. The van der Waals surface area contributed by atoms with Gasteiger partial charge in [-0.25, -0.2) is 0 Å². The molecule has 0 amide bonds. The lowest BCUT2D eigenvalue weighted by Crippen LogP contribution is -2.40. The molecule has 1 aromatic heterocycles. The van der Waals surface area contributed by atoms with Gasteiger partial charge in [-0.05, 0) is 31.4 Å². The molecule has 0 atom stereocenters. The highest BCUT2D eigenvalue weighted by atomic mass is 35.5. The van der Waals surface area contributed by atoms with Crippen LogP contribution in [0.1, 0.15) is 24.0 Å². The van der Waals surface area contributed by atoms with Crippen molar-refractivity contribution < 1.29 is 4.79 Å². The highest BCUT2D eigenvalue weighted by molar-refractivity contribution is 6.28. The Labute approximate surface area is 138 Å². The van der Waals surface area contributed by atoms with E-state index in [1.165, 1.54) is 0 Å². The number of nitriles is 1. The molecule has 0 spiro atoms. The van der Waals surface area contributed by atoms with Gasteiger partial charge in [-0.3, -0.25) is 9.59 Å². The highest BCUT2D eigenvalue weighted by Gasteiger charge is 2.34. The summed E-state index contributed by atoms with van der Waals surface area (Å²) in [6.45, 7) is 1.94. The minimum atomic E-state index is -0.402. The van der Waals surface area contributed by atoms with Gasteiger partial charge < -0.3 is 10.3 Å². The normalized spacial score (nSPS) is 19.9. The fourth-order valence-electron chi connectivity index (χ4n) is 2.98. The molecule has 1 fully saturated rings. The topological polar surface area (TPSA) is 85.8 Å². The van der Waals surface area contributed by atoms with Crippen molar-refractivity contribution in [3.8, 4) is 6.07 Å². The molecule has 2 aromatic rings. The second kappa shape index (κ2) is 6.05. The van der Waals surface area contributed by atoms with E-state index < -0.39 is 5.56 Å². The molecule has 0 bridgehead atoms. The molecular formula is C17H16ClN3O2. The van der Waals surface area contributed by atoms with Gasteiger partial charge in [0, 0.05) is 17.3 Å². The summed E-state index contributed by atoms with van der Waals surface area (Å²) in [5.41, 5.74) is 1.95. The quantitative estimate of drug-likeness (QED) is 0.844. The minimum Gasteiger partial charge on any atom is -0.380 e. The lowest BCUT2D eigenvalue weighted by Gasteiger charge is -2.35. The third-order valence-corrected chi connectivity index (χ3v) is 4.62. The maximum atomic E-state index is 12.1. The third kappa shape index (κ3) is 2.82. The number of anilines is 1. The molecule has 0 radical (unpaired) electrons. The van der Waals surface area contributed by atoms with Gasteiger partial charge in [0.1, 0.15) is 11.6 Å². The van der Waals surface area contributed by atoms with Crippen LogP contribution in [0.5, 0.6) is 0 Å². The number of nitrogens with one attached hydrogen (secondary N) is 2. The Morgan fingerprint density at radius 2 is 2.22 bits per heavy atom. The second-order valence-corrected chi connectivity index (χ2v) is 6.24. The number of fused-ring (bicyclic) bond motifs is 1. The van der Waals surface area contributed by atoms with Gasteiger partial charge in [-0.15, -0.1) is 11.6 Å². The molecule has 0 aliphatic heterocycles. The number of hydrogen-bond donors (Lipinski definition) is 2. The van der Waals surface area contributed by atoms with Crippen LogP contribution >= 0.6 is 11.6 Å². The number of halogens is 1. The summed E-state index contributed by atoms with van der Waals surface area (Å²) in [5, 5.41) is 13.4. The fourth-order valence-corrected chi connectivity index (χ4v) is 3.20. The van der Waals surface area contributed by atoms with Crippen LogP contribution in [0.3, 0.4) is 0 Å². The number of H-pyrrole nitrogens is 1. The first-order chi connectivity index (χ1) is 11.0. The van der Waals surface area contributed by atoms with Gasteiger partial charge >= 0.3 is 0 Å². The number of alkyl halides is 1. The number of pyridine rings is 1. The zero-order chi connectivity index (χ0) is 16.6. The third-order valence-electron chi connectivity index (χ3n) is 4.36. The Bertz CT molecular complexity index is 876. The minimum absolute atomic E-state index is 0.0222. The number of carbonyl (C=O) groups is 1. The Morgan fingerprint density at radius 3 is 2.87 bits per heavy atom. The van der Waals surface area contributed by atoms with Gasteiger partial charge in [0.25, 0.3) is 5.56 Å². The van der Waals surface area contributed by atoms with Crippen molar-refractivity contribution in [2.45, 2.75) is 25.8 Å². The standard InChI is InChI=1S/C17H16ClN3O2/c1-9-2-3-12-14(4-9)21-17(23)13(8-19)16(12)20-11-5-10(6-11)15(22)7-18/h2-4,10-11H,5-7H2,1H3,(H2,20,21,23). The number of nitrogens with zero attached hydrogens (tertiary/aromatic N) is 1. The van der Waals surface area contributed by atoms with Crippen molar-refractivity contribution in [3.63, 3.8) is 0 Å². The van der Waals surface area contributed by atoms with Crippen molar-refractivity contribution >= 4 is 34.0 Å². The van der Waals surface area contributed by atoms with Crippen LogP contribution in [-0.2, 0) is 4.79 Å². The molecule has 0 unspecified atom stereocenters. The van der Waals surface area contributed by atoms with Gasteiger partial charge in [-0.1, -0.05) is 12.1 Å². The van der Waals surface area contributed by atoms with Crippen molar-refractivity contribution in [1.82, 2.24) is 4.98 Å². The van der Waals surface area contributed by atoms with E-state index in [4.69, 9.17) is 11.6 Å².